The van der Waals surface area contributed by atoms with Gasteiger partial charge in [0.15, 0.2) is 0 Å². The van der Waals surface area contributed by atoms with Crippen molar-refractivity contribution in [2.45, 2.75) is 26.1 Å². The van der Waals surface area contributed by atoms with Gasteiger partial charge in [0.2, 0.25) is 10.0 Å². The van der Waals surface area contributed by atoms with E-state index in [0.717, 1.165) is 17.0 Å². The molecule has 0 atom stereocenters. The van der Waals surface area contributed by atoms with Crippen LogP contribution in [-0.4, -0.2) is 18.6 Å². The van der Waals surface area contributed by atoms with Crippen LogP contribution < -0.4 is 4.72 Å². The van der Waals surface area contributed by atoms with Gasteiger partial charge in [0.25, 0.3) is 0 Å². The summed E-state index contributed by atoms with van der Waals surface area (Å²) in [4.78, 5) is 0. The number of halogens is 1. The first-order chi connectivity index (χ1) is 9.37. The van der Waals surface area contributed by atoms with E-state index in [9.17, 15) is 8.42 Å². The van der Waals surface area contributed by atoms with Gasteiger partial charge in [-0.3, -0.25) is 5.10 Å². The lowest BCUT2D eigenvalue weighted by Gasteiger charge is -2.07. The molecule has 0 spiro atoms. The molecule has 0 saturated heterocycles. The second-order valence-corrected chi connectivity index (χ2v) is 6.86. The van der Waals surface area contributed by atoms with E-state index in [0.29, 0.717) is 10.6 Å². The number of H-pyrrole nitrogens is 1. The van der Waals surface area contributed by atoms with E-state index >= 15 is 0 Å². The van der Waals surface area contributed by atoms with Crippen molar-refractivity contribution in [2.75, 3.05) is 0 Å². The van der Waals surface area contributed by atoms with Gasteiger partial charge in [-0.2, -0.15) is 5.10 Å². The summed E-state index contributed by atoms with van der Waals surface area (Å²) >= 11 is 5.77. The maximum absolute atomic E-state index is 12.0. The van der Waals surface area contributed by atoms with Crippen molar-refractivity contribution in [3.63, 3.8) is 0 Å². The van der Waals surface area contributed by atoms with E-state index in [2.05, 4.69) is 14.9 Å². The molecular weight excluding hydrogens is 298 g/mol. The van der Waals surface area contributed by atoms with Crippen LogP contribution in [0.15, 0.2) is 24.3 Å². The third-order valence-corrected chi connectivity index (χ3v) is 4.57. The van der Waals surface area contributed by atoms with Crippen molar-refractivity contribution < 1.29 is 8.42 Å². The summed E-state index contributed by atoms with van der Waals surface area (Å²) in [5.74, 6) is -0.0693. The quantitative estimate of drug-likeness (QED) is 0.889. The van der Waals surface area contributed by atoms with Gasteiger partial charge in [0.1, 0.15) is 0 Å². The smallest absolute Gasteiger partial charge is 0.216 e. The average Bonchev–Trinajstić information content (AvgIpc) is 2.69. The second kappa shape index (κ2) is 5.95. The summed E-state index contributed by atoms with van der Waals surface area (Å²) < 4.78 is 26.6. The third kappa shape index (κ3) is 3.82. The number of sulfonamides is 1. The highest BCUT2D eigenvalue weighted by molar-refractivity contribution is 7.88. The molecule has 20 heavy (non-hydrogen) atoms. The molecule has 2 N–H and O–H groups in total. The molecule has 0 aliphatic heterocycles. The normalized spacial score (nSPS) is 11.8. The Hall–Kier alpha value is -1.37. The summed E-state index contributed by atoms with van der Waals surface area (Å²) in [7, 11) is -3.39. The molecule has 1 aromatic carbocycles. The van der Waals surface area contributed by atoms with Crippen molar-refractivity contribution in [1.29, 1.82) is 0 Å². The Morgan fingerprint density at radius 3 is 2.45 bits per heavy atom. The topological polar surface area (TPSA) is 74.8 Å². The van der Waals surface area contributed by atoms with Gasteiger partial charge >= 0.3 is 0 Å². The van der Waals surface area contributed by atoms with Crippen LogP contribution in [0.3, 0.4) is 0 Å². The zero-order valence-corrected chi connectivity index (χ0v) is 12.8. The zero-order chi connectivity index (χ0) is 14.8. The lowest BCUT2D eigenvalue weighted by atomic mass is 10.2. The molecule has 0 fully saturated rings. The first-order valence-electron chi connectivity index (χ1n) is 6.09. The molecular formula is C13H16ClN3O2S. The van der Waals surface area contributed by atoms with Crippen molar-refractivity contribution in [1.82, 2.24) is 14.9 Å². The van der Waals surface area contributed by atoms with Gasteiger partial charge in [0, 0.05) is 22.8 Å². The number of aromatic nitrogens is 2. The summed E-state index contributed by atoms with van der Waals surface area (Å²) in [5.41, 5.74) is 3.25. The molecule has 0 aliphatic carbocycles. The highest BCUT2D eigenvalue weighted by Gasteiger charge is 2.14. The van der Waals surface area contributed by atoms with Crippen LogP contribution in [0.2, 0.25) is 5.02 Å². The average molecular weight is 314 g/mol. The molecule has 0 amide bonds. The number of hydrogen-bond acceptors (Lipinski definition) is 3. The van der Waals surface area contributed by atoms with Crippen LogP contribution in [0, 0.1) is 13.8 Å². The van der Waals surface area contributed by atoms with E-state index in [-0.39, 0.29) is 12.3 Å². The summed E-state index contributed by atoms with van der Waals surface area (Å²) in [5, 5.41) is 7.45. The van der Waals surface area contributed by atoms with Crippen molar-refractivity contribution in [3.8, 4) is 0 Å². The Morgan fingerprint density at radius 2 is 1.90 bits per heavy atom. The van der Waals surface area contributed by atoms with Crippen LogP contribution in [-0.2, 0) is 22.3 Å². The molecule has 108 valence electrons. The highest BCUT2D eigenvalue weighted by atomic mass is 35.5. The van der Waals surface area contributed by atoms with Gasteiger partial charge in [0.05, 0.1) is 11.4 Å². The van der Waals surface area contributed by atoms with Crippen LogP contribution in [0.25, 0.3) is 0 Å². The summed E-state index contributed by atoms with van der Waals surface area (Å²) in [6.07, 6.45) is 0. The summed E-state index contributed by atoms with van der Waals surface area (Å²) in [6, 6.07) is 6.76. The number of benzene rings is 1. The molecule has 0 bridgehead atoms. The number of hydrogen-bond donors (Lipinski definition) is 2. The Bertz CT molecular complexity index is 673. The predicted molar refractivity (Wildman–Crippen MR) is 79.0 cm³/mol. The van der Waals surface area contributed by atoms with Gasteiger partial charge < -0.3 is 0 Å². The first-order valence-corrected chi connectivity index (χ1v) is 8.12. The van der Waals surface area contributed by atoms with E-state index in [1.54, 1.807) is 24.3 Å². The first kappa shape index (κ1) is 15.0. The number of aromatic amines is 1. The lowest BCUT2D eigenvalue weighted by molar-refractivity contribution is 0.580. The van der Waals surface area contributed by atoms with Gasteiger partial charge in [-0.25, -0.2) is 13.1 Å². The van der Waals surface area contributed by atoms with Crippen molar-refractivity contribution in [2.24, 2.45) is 0 Å². The predicted octanol–water partition coefficient (Wildman–Crippen LogP) is 2.30. The van der Waals surface area contributed by atoms with Gasteiger partial charge in [-0.15, -0.1) is 0 Å². The Balaban J connectivity index is 2.03. The minimum absolute atomic E-state index is 0.0693. The molecule has 0 aliphatic rings. The van der Waals surface area contributed by atoms with Crippen molar-refractivity contribution >= 4 is 21.6 Å². The van der Waals surface area contributed by atoms with Crippen LogP contribution in [0.5, 0.6) is 0 Å². The SMILES string of the molecule is Cc1n[nH]c(C)c1CNS(=O)(=O)Cc1ccc(Cl)cc1. The fourth-order valence-electron chi connectivity index (χ4n) is 1.87. The lowest BCUT2D eigenvalue weighted by Crippen LogP contribution is -2.25. The van der Waals surface area contributed by atoms with E-state index in [1.807, 2.05) is 13.8 Å². The monoisotopic (exact) mass is 313 g/mol. The molecule has 2 rings (SSSR count). The van der Waals surface area contributed by atoms with E-state index < -0.39 is 10.0 Å². The van der Waals surface area contributed by atoms with E-state index in [1.165, 1.54) is 0 Å². The molecule has 0 saturated carbocycles. The molecule has 1 heterocycles. The van der Waals surface area contributed by atoms with Crippen molar-refractivity contribution in [3.05, 3.63) is 51.8 Å². The summed E-state index contributed by atoms with van der Waals surface area (Å²) in [6.45, 7) is 3.94. The van der Waals surface area contributed by atoms with Crippen LogP contribution >= 0.6 is 11.6 Å². The fourth-order valence-corrected chi connectivity index (χ4v) is 3.09. The number of aryl methyl sites for hydroxylation is 2. The maximum atomic E-state index is 12.0. The largest absolute Gasteiger partial charge is 0.282 e. The standard InChI is InChI=1S/C13H16ClN3O2S/c1-9-13(10(2)17-16-9)7-15-20(18,19)8-11-3-5-12(14)6-4-11/h3-6,15H,7-8H2,1-2H3,(H,16,17). The Kier molecular flexibility index (Phi) is 4.47. The van der Waals surface area contributed by atoms with Crippen LogP contribution in [0.1, 0.15) is 22.5 Å². The second-order valence-electron chi connectivity index (χ2n) is 4.62. The Labute approximate surface area is 123 Å². The minimum atomic E-state index is -3.39. The van der Waals surface area contributed by atoms with Gasteiger partial charge in [-0.05, 0) is 31.5 Å². The van der Waals surface area contributed by atoms with E-state index in [4.69, 9.17) is 11.6 Å². The minimum Gasteiger partial charge on any atom is -0.282 e. The Morgan fingerprint density at radius 1 is 1.25 bits per heavy atom. The zero-order valence-electron chi connectivity index (χ0n) is 11.3. The van der Waals surface area contributed by atoms with Gasteiger partial charge in [-0.1, -0.05) is 23.7 Å². The molecule has 0 radical (unpaired) electrons. The third-order valence-electron chi connectivity index (χ3n) is 3.02. The molecule has 7 heteroatoms. The number of rotatable bonds is 5. The number of nitrogens with one attached hydrogen (secondary N) is 2. The molecule has 1 aromatic heterocycles. The molecule has 0 unspecified atom stereocenters. The fraction of sp³-hybridized carbons (Fsp3) is 0.308. The maximum Gasteiger partial charge on any atom is 0.216 e. The highest BCUT2D eigenvalue weighted by Crippen LogP contribution is 2.13. The van der Waals surface area contributed by atoms with Crippen LogP contribution in [0.4, 0.5) is 0 Å². The molecule has 2 aromatic rings. The molecule has 5 nitrogen and oxygen atoms in total. The number of nitrogens with zero attached hydrogens (tertiary/aromatic N) is 1.